The molecule has 0 aliphatic carbocycles. The van der Waals surface area contributed by atoms with Gasteiger partial charge in [-0.25, -0.2) is 0 Å². The van der Waals surface area contributed by atoms with Gasteiger partial charge >= 0.3 is 0 Å². The second kappa shape index (κ2) is 9.15. The van der Waals surface area contributed by atoms with E-state index in [1.54, 1.807) is 24.7 Å². The summed E-state index contributed by atoms with van der Waals surface area (Å²) in [6.07, 6.45) is 4.98. The topological polar surface area (TPSA) is 85.8 Å². The van der Waals surface area contributed by atoms with Gasteiger partial charge in [0.15, 0.2) is 11.0 Å². The number of halogens is 1. The van der Waals surface area contributed by atoms with E-state index in [4.69, 9.17) is 16.0 Å². The van der Waals surface area contributed by atoms with Crippen LogP contribution < -0.4 is 5.32 Å². The molecule has 3 aromatic heterocycles. The van der Waals surface area contributed by atoms with Crippen LogP contribution in [0.2, 0.25) is 5.02 Å². The Hall–Kier alpha value is -3.10. The maximum atomic E-state index is 12.3. The Bertz CT molecular complexity index is 1150. The Balaban J connectivity index is 1.60. The molecule has 1 aromatic carbocycles. The van der Waals surface area contributed by atoms with Gasteiger partial charge < -0.3 is 9.73 Å². The number of nitrogens with one attached hydrogen (secondary N) is 1. The van der Waals surface area contributed by atoms with Crippen molar-refractivity contribution in [3.8, 4) is 17.1 Å². The number of rotatable bonds is 7. The van der Waals surface area contributed by atoms with Crippen LogP contribution in [-0.4, -0.2) is 31.4 Å². The molecule has 0 unspecified atom stereocenters. The zero-order valence-corrected chi connectivity index (χ0v) is 17.7. The summed E-state index contributed by atoms with van der Waals surface area (Å²) < 4.78 is 7.15. The maximum absolute atomic E-state index is 12.3. The normalized spacial score (nSPS) is 10.9. The molecule has 3 heterocycles. The summed E-state index contributed by atoms with van der Waals surface area (Å²) in [6.45, 7) is 2.28. The average Bonchev–Trinajstić information content (AvgIpc) is 3.43. The SMILES string of the molecule is Cc1c(Cl)cccc1-n1c(SCC(=O)NCc2ccco2)nnc1-c1ccncc1. The molecule has 1 amide bonds. The molecule has 0 fully saturated rings. The molecule has 30 heavy (non-hydrogen) atoms. The van der Waals surface area contributed by atoms with Crippen molar-refractivity contribution in [2.24, 2.45) is 0 Å². The van der Waals surface area contributed by atoms with Gasteiger partial charge in [-0.1, -0.05) is 29.4 Å². The number of furan rings is 1. The second-order valence-electron chi connectivity index (χ2n) is 6.41. The van der Waals surface area contributed by atoms with Crippen molar-refractivity contribution in [1.29, 1.82) is 0 Å². The number of carbonyl (C=O) groups is 1. The molecule has 0 bridgehead atoms. The smallest absolute Gasteiger partial charge is 0.230 e. The lowest BCUT2D eigenvalue weighted by atomic mass is 10.2. The van der Waals surface area contributed by atoms with E-state index in [0.29, 0.717) is 28.3 Å². The lowest BCUT2D eigenvalue weighted by Gasteiger charge is -2.13. The first-order chi connectivity index (χ1) is 14.6. The summed E-state index contributed by atoms with van der Waals surface area (Å²) in [5.41, 5.74) is 2.63. The highest BCUT2D eigenvalue weighted by molar-refractivity contribution is 7.99. The van der Waals surface area contributed by atoms with E-state index in [9.17, 15) is 4.79 Å². The van der Waals surface area contributed by atoms with Crippen LogP contribution in [0.25, 0.3) is 17.1 Å². The maximum Gasteiger partial charge on any atom is 0.230 e. The number of pyridine rings is 1. The van der Waals surface area contributed by atoms with Crippen molar-refractivity contribution in [3.05, 3.63) is 77.5 Å². The van der Waals surface area contributed by atoms with Gasteiger partial charge in [0, 0.05) is 23.0 Å². The fourth-order valence-corrected chi connectivity index (χ4v) is 3.83. The fourth-order valence-electron chi connectivity index (χ4n) is 2.89. The molecule has 0 atom stereocenters. The van der Waals surface area contributed by atoms with Crippen LogP contribution in [0.4, 0.5) is 0 Å². The predicted molar refractivity (Wildman–Crippen MR) is 116 cm³/mol. The van der Waals surface area contributed by atoms with E-state index in [1.165, 1.54) is 11.8 Å². The Kier molecular flexibility index (Phi) is 6.15. The number of thioether (sulfide) groups is 1. The third-order valence-electron chi connectivity index (χ3n) is 4.42. The van der Waals surface area contributed by atoms with Crippen LogP contribution in [0.3, 0.4) is 0 Å². The number of nitrogens with zero attached hydrogens (tertiary/aromatic N) is 4. The van der Waals surface area contributed by atoms with E-state index >= 15 is 0 Å². The van der Waals surface area contributed by atoms with Crippen LogP contribution in [0.5, 0.6) is 0 Å². The first-order valence-electron chi connectivity index (χ1n) is 9.16. The summed E-state index contributed by atoms with van der Waals surface area (Å²) in [7, 11) is 0. The summed E-state index contributed by atoms with van der Waals surface area (Å²) >= 11 is 7.66. The molecule has 4 aromatic rings. The summed E-state index contributed by atoms with van der Waals surface area (Å²) in [5.74, 6) is 1.42. The first kappa shape index (κ1) is 20.2. The van der Waals surface area contributed by atoms with Gasteiger partial charge in [-0.15, -0.1) is 10.2 Å². The Morgan fingerprint density at radius 1 is 1.17 bits per heavy atom. The molecule has 0 saturated carbocycles. The molecule has 1 N–H and O–H groups in total. The van der Waals surface area contributed by atoms with Crippen molar-refractivity contribution < 1.29 is 9.21 Å². The predicted octanol–water partition coefficient (Wildman–Crippen LogP) is 4.29. The summed E-state index contributed by atoms with van der Waals surface area (Å²) in [4.78, 5) is 16.4. The first-order valence-corrected chi connectivity index (χ1v) is 10.5. The second-order valence-corrected chi connectivity index (χ2v) is 7.76. The van der Waals surface area contributed by atoms with E-state index in [1.807, 2.05) is 47.9 Å². The van der Waals surface area contributed by atoms with Crippen molar-refractivity contribution in [2.75, 3.05) is 5.75 Å². The third-order valence-corrected chi connectivity index (χ3v) is 5.76. The van der Waals surface area contributed by atoms with Gasteiger partial charge in [-0.05, 0) is 48.9 Å². The molecule has 0 saturated heterocycles. The highest BCUT2D eigenvalue weighted by Crippen LogP contribution is 2.31. The van der Waals surface area contributed by atoms with Gasteiger partial charge in [0.2, 0.25) is 5.91 Å². The van der Waals surface area contributed by atoms with Crippen LogP contribution in [0.15, 0.2) is 70.7 Å². The third kappa shape index (κ3) is 4.39. The number of hydrogen-bond acceptors (Lipinski definition) is 6. The van der Waals surface area contributed by atoms with Crippen molar-refractivity contribution in [2.45, 2.75) is 18.6 Å². The Morgan fingerprint density at radius 2 is 2.00 bits per heavy atom. The largest absolute Gasteiger partial charge is 0.467 e. The molecule has 9 heteroatoms. The molecule has 0 aliphatic heterocycles. The minimum absolute atomic E-state index is 0.126. The molecule has 152 valence electrons. The minimum Gasteiger partial charge on any atom is -0.467 e. The number of hydrogen-bond donors (Lipinski definition) is 1. The molecular formula is C21H18ClN5O2S. The lowest BCUT2D eigenvalue weighted by molar-refractivity contribution is -0.118. The zero-order chi connectivity index (χ0) is 20.9. The number of aromatic nitrogens is 4. The van der Waals surface area contributed by atoms with Crippen LogP contribution in [0, 0.1) is 6.92 Å². The summed E-state index contributed by atoms with van der Waals surface area (Å²) in [5, 5.41) is 12.8. The van der Waals surface area contributed by atoms with Crippen molar-refractivity contribution in [1.82, 2.24) is 25.1 Å². The van der Waals surface area contributed by atoms with Gasteiger partial charge in [0.1, 0.15) is 5.76 Å². The van der Waals surface area contributed by atoms with Crippen LogP contribution in [-0.2, 0) is 11.3 Å². The monoisotopic (exact) mass is 439 g/mol. The number of benzene rings is 1. The van der Waals surface area contributed by atoms with Gasteiger partial charge in [0.25, 0.3) is 0 Å². The number of carbonyl (C=O) groups excluding carboxylic acids is 1. The molecule has 0 spiro atoms. The highest BCUT2D eigenvalue weighted by Gasteiger charge is 2.19. The molecule has 0 radical (unpaired) electrons. The molecular weight excluding hydrogens is 422 g/mol. The minimum atomic E-state index is -0.126. The quantitative estimate of drug-likeness (QED) is 0.432. The molecule has 7 nitrogen and oxygen atoms in total. The van der Waals surface area contributed by atoms with Crippen LogP contribution >= 0.6 is 23.4 Å². The standard InChI is InChI=1S/C21H18ClN5O2S/c1-14-17(22)5-2-6-18(14)27-20(15-7-9-23-10-8-15)25-26-21(27)30-13-19(28)24-12-16-4-3-11-29-16/h2-11H,12-13H2,1H3,(H,24,28). The molecule has 4 rings (SSSR count). The van der Waals surface area contributed by atoms with E-state index in [0.717, 1.165) is 16.8 Å². The summed E-state index contributed by atoms with van der Waals surface area (Å²) in [6, 6.07) is 13.0. The average molecular weight is 440 g/mol. The lowest BCUT2D eigenvalue weighted by Crippen LogP contribution is -2.24. The van der Waals surface area contributed by atoms with E-state index in [-0.39, 0.29) is 11.7 Å². The highest BCUT2D eigenvalue weighted by atomic mass is 35.5. The van der Waals surface area contributed by atoms with Crippen molar-refractivity contribution in [3.63, 3.8) is 0 Å². The Morgan fingerprint density at radius 3 is 2.77 bits per heavy atom. The Labute approximate surface area is 182 Å². The van der Waals surface area contributed by atoms with Gasteiger partial charge in [0.05, 0.1) is 24.2 Å². The van der Waals surface area contributed by atoms with Crippen molar-refractivity contribution >= 4 is 29.3 Å². The van der Waals surface area contributed by atoms with E-state index in [2.05, 4.69) is 20.5 Å². The number of amides is 1. The van der Waals surface area contributed by atoms with Gasteiger partial charge in [-0.3, -0.25) is 14.3 Å². The van der Waals surface area contributed by atoms with Crippen LogP contribution in [0.1, 0.15) is 11.3 Å². The van der Waals surface area contributed by atoms with E-state index < -0.39 is 0 Å². The zero-order valence-electron chi connectivity index (χ0n) is 16.1. The molecule has 0 aliphatic rings. The fraction of sp³-hybridized carbons (Fsp3) is 0.143. The van der Waals surface area contributed by atoms with Gasteiger partial charge in [-0.2, -0.15) is 0 Å².